The average molecular weight is 534 g/mol. The molecule has 2 aromatic rings. The van der Waals surface area contributed by atoms with Gasteiger partial charge in [0.1, 0.15) is 12.3 Å². The third-order valence-electron chi connectivity index (χ3n) is 5.39. The number of nitrogens with zero attached hydrogens (tertiary/aromatic N) is 2. The number of nitrogens with one attached hydrogen (secondary N) is 1. The summed E-state index contributed by atoms with van der Waals surface area (Å²) in [5, 5.41) is 2.81. The smallest absolute Gasteiger partial charge is 0.294 e. The maximum Gasteiger partial charge on any atom is 0.294 e. The predicted molar refractivity (Wildman–Crippen MR) is 136 cm³/mol. The molecule has 0 aromatic heterocycles. The zero-order valence-corrected chi connectivity index (χ0v) is 20.8. The van der Waals surface area contributed by atoms with E-state index in [2.05, 4.69) is 5.32 Å². The monoisotopic (exact) mass is 533 g/mol. The van der Waals surface area contributed by atoms with Crippen LogP contribution in [0, 0.1) is 0 Å². The number of imide groups is 1. The van der Waals surface area contributed by atoms with Crippen LogP contribution in [0.1, 0.15) is 18.4 Å². The molecule has 1 N–H and O–H groups in total. The van der Waals surface area contributed by atoms with Crippen LogP contribution in [0.25, 0.3) is 6.08 Å². The molecule has 4 amide bonds. The summed E-state index contributed by atoms with van der Waals surface area (Å²) in [6, 6.07) is 11.6. The van der Waals surface area contributed by atoms with Crippen molar-refractivity contribution in [3.8, 4) is 5.75 Å². The third-order valence-corrected chi connectivity index (χ3v) is 6.92. The lowest BCUT2D eigenvalue weighted by molar-refractivity contribution is -0.135. The molecule has 11 heteroatoms. The van der Waals surface area contributed by atoms with Crippen molar-refractivity contribution in [2.24, 2.45) is 0 Å². The van der Waals surface area contributed by atoms with Gasteiger partial charge in [-0.15, -0.1) is 0 Å². The Kier molecular flexibility index (Phi) is 8.00. The minimum absolute atomic E-state index is 0.202. The summed E-state index contributed by atoms with van der Waals surface area (Å²) in [6.07, 6.45) is 3.39. The summed E-state index contributed by atoms with van der Waals surface area (Å²) in [5.74, 6) is -0.868. The van der Waals surface area contributed by atoms with Crippen LogP contribution in [0.4, 0.5) is 10.5 Å². The molecule has 2 aromatic carbocycles. The largest absolute Gasteiger partial charge is 0.482 e. The lowest BCUT2D eigenvalue weighted by Crippen LogP contribution is -2.40. The van der Waals surface area contributed by atoms with E-state index in [1.54, 1.807) is 47.4 Å². The Hall–Kier alpha value is -3.01. The molecule has 2 fully saturated rings. The molecule has 0 unspecified atom stereocenters. The number of rotatable bonds is 7. The fraction of sp³-hybridized carbons (Fsp3) is 0.250. The van der Waals surface area contributed by atoms with Crippen molar-refractivity contribution in [3.63, 3.8) is 0 Å². The highest BCUT2D eigenvalue weighted by atomic mass is 35.5. The summed E-state index contributed by atoms with van der Waals surface area (Å²) in [5.41, 5.74) is 1.04. The van der Waals surface area contributed by atoms with Gasteiger partial charge in [-0.1, -0.05) is 41.4 Å². The lowest BCUT2D eigenvalue weighted by Gasteiger charge is -2.18. The molecule has 0 bridgehead atoms. The van der Waals surface area contributed by atoms with Crippen LogP contribution in [0.2, 0.25) is 10.0 Å². The van der Waals surface area contributed by atoms with Gasteiger partial charge in [0.15, 0.2) is 6.61 Å². The maximum absolute atomic E-state index is 12.7. The van der Waals surface area contributed by atoms with Gasteiger partial charge in [0.2, 0.25) is 5.91 Å². The van der Waals surface area contributed by atoms with Gasteiger partial charge in [-0.05, 0) is 60.5 Å². The average Bonchev–Trinajstić information content (AvgIpc) is 3.45. The van der Waals surface area contributed by atoms with Crippen molar-refractivity contribution < 1.29 is 23.9 Å². The molecule has 35 heavy (non-hydrogen) atoms. The predicted octanol–water partition coefficient (Wildman–Crippen LogP) is 4.67. The number of para-hydroxylation sites is 1. The van der Waals surface area contributed by atoms with Crippen LogP contribution in [-0.2, 0) is 14.4 Å². The highest BCUT2D eigenvalue weighted by Crippen LogP contribution is 2.34. The molecule has 0 radical (unpaired) electrons. The first-order valence-corrected chi connectivity index (χ1v) is 12.4. The molecule has 2 heterocycles. The molecule has 0 atom stereocenters. The summed E-state index contributed by atoms with van der Waals surface area (Å²) in [7, 11) is 0. The second-order valence-electron chi connectivity index (χ2n) is 7.86. The Morgan fingerprint density at radius 2 is 1.80 bits per heavy atom. The standard InChI is InChI=1S/C24H21Cl2N3O5S/c25-16-5-1-2-6-18(16)27-21(30)14-34-19-8-7-15(11-17(19)26)12-20-23(32)29(24(33)35-20)13-22(31)28-9-3-4-10-28/h1-2,5-8,11-12H,3-4,9-10,13-14H2,(H,27,30)/b20-12-. The molecule has 0 spiro atoms. The second-order valence-corrected chi connectivity index (χ2v) is 9.67. The van der Waals surface area contributed by atoms with E-state index in [0.29, 0.717) is 29.4 Å². The van der Waals surface area contributed by atoms with Crippen molar-refractivity contribution in [1.82, 2.24) is 9.80 Å². The first-order valence-electron chi connectivity index (χ1n) is 10.8. The molecule has 2 saturated heterocycles. The maximum atomic E-state index is 12.7. The number of ether oxygens (including phenoxy) is 1. The number of likely N-dealkylation sites (tertiary alicyclic amines) is 1. The van der Waals surface area contributed by atoms with Crippen LogP contribution in [-0.4, -0.2) is 59.0 Å². The molecule has 8 nitrogen and oxygen atoms in total. The number of halogens is 2. The lowest BCUT2D eigenvalue weighted by atomic mass is 10.2. The quantitative estimate of drug-likeness (QED) is 0.519. The fourth-order valence-electron chi connectivity index (χ4n) is 3.61. The molecule has 182 valence electrons. The molecule has 0 saturated carbocycles. The molecular weight excluding hydrogens is 513 g/mol. The fourth-order valence-corrected chi connectivity index (χ4v) is 4.87. The van der Waals surface area contributed by atoms with E-state index < -0.39 is 17.1 Å². The Morgan fingerprint density at radius 1 is 1.06 bits per heavy atom. The normalized spacial score (nSPS) is 16.8. The number of amides is 4. The van der Waals surface area contributed by atoms with Crippen molar-refractivity contribution in [3.05, 3.63) is 63.0 Å². The highest BCUT2D eigenvalue weighted by Gasteiger charge is 2.37. The van der Waals surface area contributed by atoms with Gasteiger partial charge >= 0.3 is 0 Å². The Bertz CT molecular complexity index is 1210. The summed E-state index contributed by atoms with van der Waals surface area (Å²) in [6.45, 7) is 0.763. The molecular formula is C24H21Cl2N3O5S. The van der Waals surface area contributed by atoms with E-state index in [1.165, 1.54) is 6.08 Å². The van der Waals surface area contributed by atoms with Gasteiger partial charge < -0.3 is 15.0 Å². The zero-order chi connectivity index (χ0) is 24.9. The Balaban J connectivity index is 1.36. The topological polar surface area (TPSA) is 96.0 Å². The van der Waals surface area contributed by atoms with Crippen molar-refractivity contribution in [1.29, 1.82) is 0 Å². The number of carbonyl (C=O) groups excluding carboxylic acids is 4. The number of benzene rings is 2. The third kappa shape index (κ3) is 6.17. The van der Waals surface area contributed by atoms with E-state index in [1.807, 2.05) is 0 Å². The van der Waals surface area contributed by atoms with Gasteiger partial charge in [0, 0.05) is 13.1 Å². The number of thioether (sulfide) groups is 1. The van der Waals surface area contributed by atoms with Gasteiger partial charge in [-0.3, -0.25) is 24.1 Å². The van der Waals surface area contributed by atoms with Crippen molar-refractivity contribution in [2.45, 2.75) is 12.8 Å². The SMILES string of the molecule is O=C(COc1ccc(/C=C2\SC(=O)N(CC(=O)N3CCCC3)C2=O)cc1Cl)Nc1ccccc1Cl. The van der Waals surface area contributed by atoms with Gasteiger partial charge in [0.25, 0.3) is 17.1 Å². The number of anilines is 1. The second kappa shape index (κ2) is 11.2. The summed E-state index contributed by atoms with van der Waals surface area (Å²) >= 11 is 13.1. The van der Waals surface area contributed by atoms with Crippen LogP contribution >= 0.6 is 35.0 Å². The molecule has 4 rings (SSSR count). The van der Waals surface area contributed by atoms with Crippen molar-refractivity contribution >= 4 is 69.7 Å². The Morgan fingerprint density at radius 3 is 2.51 bits per heavy atom. The Labute approximate surface area is 216 Å². The minimum Gasteiger partial charge on any atom is -0.482 e. The van der Waals surface area contributed by atoms with Crippen LogP contribution < -0.4 is 10.1 Å². The van der Waals surface area contributed by atoms with Crippen LogP contribution in [0.5, 0.6) is 5.75 Å². The number of carbonyl (C=O) groups is 4. The number of hydrogen-bond acceptors (Lipinski definition) is 6. The first kappa shape index (κ1) is 25.1. The summed E-state index contributed by atoms with van der Waals surface area (Å²) < 4.78 is 5.50. The van der Waals surface area contributed by atoms with E-state index in [9.17, 15) is 19.2 Å². The first-order chi connectivity index (χ1) is 16.8. The molecule has 0 aliphatic carbocycles. The zero-order valence-electron chi connectivity index (χ0n) is 18.5. The van der Waals surface area contributed by atoms with Crippen LogP contribution in [0.3, 0.4) is 0 Å². The summed E-state index contributed by atoms with van der Waals surface area (Å²) in [4.78, 5) is 52.4. The van der Waals surface area contributed by atoms with Crippen LogP contribution in [0.15, 0.2) is 47.4 Å². The van der Waals surface area contributed by atoms with Gasteiger partial charge in [-0.2, -0.15) is 0 Å². The highest BCUT2D eigenvalue weighted by molar-refractivity contribution is 8.18. The van der Waals surface area contributed by atoms with E-state index >= 15 is 0 Å². The van der Waals surface area contributed by atoms with E-state index in [0.717, 1.165) is 29.5 Å². The number of hydrogen-bond donors (Lipinski definition) is 1. The molecule has 2 aliphatic heterocycles. The van der Waals surface area contributed by atoms with Crippen molar-refractivity contribution in [2.75, 3.05) is 31.6 Å². The van der Waals surface area contributed by atoms with Gasteiger partial charge in [-0.25, -0.2) is 0 Å². The minimum atomic E-state index is -0.514. The van der Waals surface area contributed by atoms with Gasteiger partial charge in [0.05, 0.1) is 20.6 Å². The molecule has 2 aliphatic rings. The van der Waals surface area contributed by atoms with E-state index in [-0.39, 0.29) is 34.7 Å². The van der Waals surface area contributed by atoms with E-state index in [4.69, 9.17) is 27.9 Å².